The molecule has 1 unspecified atom stereocenters. The molecular formula is C18H37NO2. The summed E-state index contributed by atoms with van der Waals surface area (Å²) in [6.07, 6.45) is 12.2. The Morgan fingerprint density at radius 1 is 1.10 bits per heavy atom. The van der Waals surface area contributed by atoms with E-state index in [2.05, 4.69) is 32.7 Å². The molecule has 2 atom stereocenters. The van der Waals surface area contributed by atoms with Crippen LogP contribution in [0.15, 0.2) is 0 Å². The van der Waals surface area contributed by atoms with E-state index in [0.717, 1.165) is 25.9 Å². The maximum absolute atomic E-state index is 10.2. The summed E-state index contributed by atoms with van der Waals surface area (Å²) >= 11 is 0. The van der Waals surface area contributed by atoms with Crippen molar-refractivity contribution in [2.24, 2.45) is 0 Å². The molecule has 1 rings (SSSR count). The van der Waals surface area contributed by atoms with E-state index in [1.165, 1.54) is 44.9 Å². The van der Waals surface area contributed by atoms with Crippen LogP contribution >= 0.6 is 0 Å². The fourth-order valence-corrected chi connectivity index (χ4v) is 3.13. The lowest BCUT2D eigenvalue weighted by atomic mass is 10.0. The van der Waals surface area contributed by atoms with Crippen LogP contribution in [0.4, 0.5) is 0 Å². The molecule has 0 aromatic heterocycles. The van der Waals surface area contributed by atoms with E-state index in [0.29, 0.717) is 6.04 Å². The van der Waals surface area contributed by atoms with Crippen molar-refractivity contribution in [3.05, 3.63) is 0 Å². The number of aliphatic hydroxyl groups is 1. The number of ether oxygens (including phenoxy) is 1. The van der Waals surface area contributed by atoms with Gasteiger partial charge in [-0.15, -0.1) is 0 Å². The van der Waals surface area contributed by atoms with E-state index in [-0.39, 0.29) is 11.8 Å². The second-order valence-electron chi connectivity index (χ2n) is 7.18. The van der Waals surface area contributed by atoms with Crippen molar-refractivity contribution in [3.63, 3.8) is 0 Å². The van der Waals surface area contributed by atoms with Gasteiger partial charge in [0, 0.05) is 6.04 Å². The molecule has 1 aliphatic rings. The van der Waals surface area contributed by atoms with Gasteiger partial charge in [0.2, 0.25) is 0 Å². The third-order valence-corrected chi connectivity index (χ3v) is 4.96. The standard InChI is InChI=1S/C18H37NO2/c1-5-6-7-8-9-10-11-12-13-17(20)14-16-15-21-18(2,3)19(16)4/h16-17,20H,5-15H2,1-4H3/t16-,17?/m1/s1. The van der Waals surface area contributed by atoms with Crippen LogP contribution in [0.1, 0.15) is 85.0 Å². The van der Waals surface area contributed by atoms with Crippen molar-refractivity contribution >= 4 is 0 Å². The highest BCUT2D eigenvalue weighted by atomic mass is 16.5. The van der Waals surface area contributed by atoms with Crippen molar-refractivity contribution in [1.29, 1.82) is 0 Å². The zero-order valence-electron chi connectivity index (χ0n) is 14.7. The van der Waals surface area contributed by atoms with E-state index in [4.69, 9.17) is 4.74 Å². The Kier molecular flexibility index (Phi) is 8.84. The second kappa shape index (κ2) is 9.81. The van der Waals surface area contributed by atoms with Crippen LogP contribution in [0.5, 0.6) is 0 Å². The number of unbranched alkanes of at least 4 members (excludes halogenated alkanes) is 7. The van der Waals surface area contributed by atoms with Crippen molar-refractivity contribution in [2.45, 2.75) is 103 Å². The molecule has 3 nitrogen and oxygen atoms in total. The van der Waals surface area contributed by atoms with Gasteiger partial charge in [0.1, 0.15) is 5.72 Å². The Bertz CT molecular complexity index is 268. The molecule has 0 aromatic carbocycles. The summed E-state index contributed by atoms with van der Waals surface area (Å²) in [6, 6.07) is 0.365. The molecule has 1 N–H and O–H groups in total. The van der Waals surface area contributed by atoms with Gasteiger partial charge in [0.05, 0.1) is 12.7 Å². The van der Waals surface area contributed by atoms with Crippen LogP contribution in [-0.4, -0.2) is 41.5 Å². The van der Waals surface area contributed by atoms with Gasteiger partial charge < -0.3 is 9.84 Å². The molecule has 1 heterocycles. The molecule has 0 spiro atoms. The predicted molar refractivity (Wildman–Crippen MR) is 89.4 cm³/mol. The molecule has 1 saturated heterocycles. The maximum Gasteiger partial charge on any atom is 0.116 e. The third kappa shape index (κ3) is 7.12. The molecule has 1 fully saturated rings. The minimum atomic E-state index is -0.178. The molecule has 126 valence electrons. The zero-order valence-corrected chi connectivity index (χ0v) is 14.7. The first kappa shape index (κ1) is 18.9. The first-order valence-electron chi connectivity index (χ1n) is 9.02. The third-order valence-electron chi connectivity index (χ3n) is 4.96. The SMILES string of the molecule is CCCCCCCCCCC(O)C[C@@H]1COC(C)(C)N1C. The normalized spacial score (nSPS) is 23.6. The highest BCUT2D eigenvalue weighted by molar-refractivity contribution is 4.85. The monoisotopic (exact) mass is 299 g/mol. The Hall–Kier alpha value is -0.120. The van der Waals surface area contributed by atoms with Crippen LogP contribution < -0.4 is 0 Å². The van der Waals surface area contributed by atoms with Gasteiger partial charge in [-0.1, -0.05) is 58.3 Å². The lowest BCUT2D eigenvalue weighted by molar-refractivity contribution is -0.0425. The number of aliphatic hydroxyl groups excluding tert-OH is 1. The first-order valence-corrected chi connectivity index (χ1v) is 9.02. The molecule has 0 aliphatic carbocycles. The van der Waals surface area contributed by atoms with Gasteiger partial charge in [-0.3, -0.25) is 4.90 Å². The van der Waals surface area contributed by atoms with Crippen LogP contribution in [0.3, 0.4) is 0 Å². The summed E-state index contributed by atoms with van der Waals surface area (Å²) in [5.74, 6) is 0. The van der Waals surface area contributed by atoms with Gasteiger partial charge >= 0.3 is 0 Å². The van der Waals surface area contributed by atoms with E-state index in [9.17, 15) is 5.11 Å². The van der Waals surface area contributed by atoms with Gasteiger partial charge in [-0.2, -0.15) is 0 Å². The summed E-state index contributed by atoms with van der Waals surface area (Å²) in [5.41, 5.74) is -0.178. The number of rotatable bonds is 11. The number of hydrogen-bond donors (Lipinski definition) is 1. The largest absolute Gasteiger partial charge is 0.393 e. The predicted octanol–water partition coefficient (Wildman–Crippen LogP) is 4.33. The minimum absolute atomic E-state index is 0.171. The quantitative estimate of drug-likeness (QED) is 0.576. The summed E-state index contributed by atoms with van der Waals surface area (Å²) in [7, 11) is 2.10. The van der Waals surface area contributed by atoms with E-state index >= 15 is 0 Å². The van der Waals surface area contributed by atoms with Gasteiger partial charge in [0.15, 0.2) is 0 Å². The molecule has 0 bridgehead atoms. The molecule has 0 saturated carbocycles. The van der Waals surface area contributed by atoms with Crippen LogP contribution in [0.2, 0.25) is 0 Å². The van der Waals surface area contributed by atoms with Crippen LogP contribution in [0.25, 0.3) is 0 Å². The van der Waals surface area contributed by atoms with Crippen molar-refractivity contribution in [2.75, 3.05) is 13.7 Å². The van der Waals surface area contributed by atoms with Crippen LogP contribution in [-0.2, 0) is 4.74 Å². The number of hydrogen-bond acceptors (Lipinski definition) is 3. The number of nitrogens with zero attached hydrogens (tertiary/aromatic N) is 1. The maximum atomic E-state index is 10.2. The molecule has 1 aliphatic heterocycles. The minimum Gasteiger partial charge on any atom is -0.393 e. The molecular weight excluding hydrogens is 262 g/mol. The average Bonchev–Trinajstić information content (AvgIpc) is 2.69. The molecule has 3 heteroatoms. The van der Waals surface area contributed by atoms with Crippen molar-refractivity contribution < 1.29 is 9.84 Å². The smallest absolute Gasteiger partial charge is 0.116 e. The molecule has 21 heavy (non-hydrogen) atoms. The van der Waals surface area contributed by atoms with E-state index in [1.807, 2.05) is 0 Å². The Morgan fingerprint density at radius 2 is 1.67 bits per heavy atom. The fraction of sp³-hybridized carbons (Fsp3) is 1.00. The van der Waals surface area contributed by atoms with Gasteiger partial charge in [0.25, 0.3) is 0 Å². The van der Waals surface area contributed by atoms with E-state index in [1.54, 1.807) is 0 Å². The zero-order chi connectivity index (χ0) is 15.7. The first-order chi connectivity index (χ1) is 9.97. The average molecular weight is 299 g/mol. The second-order valence-corrected chi connectivity index (χ2v) is 7.18. The molecule has 0 aromatic rings. The summed E-state index contributed by atoms with van der Waals surface area (Å²) in [5, 5.41) is 10.2. The van der Waals surface area contributed by atoms with Crippen molar-refractivity contribution in [3.8, 4) is 0 Å². The van der Waals surface area contributed by atoms with E-state index < -0.39 is 0 Å². The Morgan fingerprint density at radius 3 is 2.19 bits per heavy atom. The Labute approximate surface area is 132 Å². The topological polar surface area (TPSA) is 32.7 Å². The highest BCUT2D eigenvalue weighted by Gasteiger charge is 2.38. The van der Waals surface area contributed by atoms with Gasteiger partial charge in [-0.25, -0.2) is 0 Å². The van der Waals surface area contributed by atoms with Crippen molar-refractivity contribution in [1.82, 2.24) is 4.90 Å². The summed E-state index contributed by atoms with van der Waals surface area (Å²) in [4.78, 5) is 2.25. The molecule has 0 radical (unpaired) electrons. The lowest BCUT2D eigenvalue weighted by Crippen LogP contribution is -2.41. The Balaban J connectivity index is 2.01. The lowest BCUT2D eigenvalue weighted by Gasteiger charge is -2.30. The fourth-order valence-electron chi connectivity index (χ4n) is 3.13. The highest BCUT2D eigenvalue weighted by Crippen LogP contribution is 2.28. The van der Waals surface area contributed by atoms with Crippen LogP contribution in [0, 0.1) is 0 Å². The van der Waals surface area contributed by atoms with Gasteiger partial charge in [-0.05, 0) is 33.7 Å². The summed E-state index contributed by atoms with van der Waals surface area (Å²) < 4.78 is 5.77. The summed E-state index contributed by atoms with van der Waals surface area (Å²) in [6.45, 7) is 7.20. The number of likely N-dealkylation sites (N-methyl/N-ethyl adjacent to an activating group) is 1. The molecule has 0 amide bonds.